The van der Waals surface area contributed by atoms with E-state index in [9.17, 15) is 0 Å². The van der Waals surface area contributed by atoms with Gasteiger partial charge in [-0.05, 0) is 25.2 Å². The van der Waals surface area contributed by atoms with Gasteiger partial charge in [-0.1, -0.05) is 13.8 Å². The second-order valence-electron chi connectivity index (χ2n) is 5.78. The van der Waals surface area contributed by atoms with Crippen molar-refractivity contribution in [3.63, 3.8) is 0 Å². The van der Waals surface area contributed by atoms with E-state index in [1.54, 1.807) is 0 Å². The number of morpholine rings is 1. The third-order valence-corrected chi connectivity index (χ3v) is 4.25. The highest BCUT2D eigenvalue weighted by Gasteiger charge is 2.43. The van der Waals surface area contributed by atoms with Crippen LogP contribution in [0.1, 0.15) is 33.6 Å². The van der Waals surface area contributed by atoms with E-state index in [0.29, 0.717) is 23.5 Å². The predicted molar refractivity (Wildman–Crippen MR) is 61.8 cm³/mol. The summed E-state index contributed by atoms with van der Waals surface area (Å²) in [4.78, 5) is 2.56. The predicted octanol–water partition coefficient (Wildman–Crippen LogP) is 1.22. The van der Waals surface area contributed by atoms with Gasteiger partial charge in [-0.2, -0.15) is 0 Å². The van der Waals surface area contributed by atoms with Crippen LogP contribution in [0.15, 0.2) is 0 Å². The molecule has 3 atom stereocenters. The van der Waals surface area contributed by atoms with E-state index in [2.05, 4.69) is 25.7 Å². The lowest BCUT2D eigenvalue weighted by Crippen LogP contribution is -2.56. The van der Waals surface area contributed by atoms with Crippen LogP contribution < -0.4 is 5.73 Å². The lowest BCUT2D eigenvalue weighted by Gasteiger charge is -2.41. The fraction of sp³-hybridized carbons (Fsp3) is 1.00. The number of nitrogens with two attached hydrogens (primary N) is 1. The van der Waals surface area contributed by atoms with Gasteiger partial charge in [0, 0.05) is 24.7 Å². The Hall–Kier alpha value is -0.120. The van der Waals surface area contributed by atoms with Crippen LogP contribution in [-0.2, 0) is 4.74 Å². The van der Waals surface area contributed by atoms with Crippen LogP contribution in [-0.4, -0.2) is 42.8 Å². The summed E-state index contributed by atoms with van der Waals surface area (Å²) in [5, 5.41) is 0. The van der Waals surface area contributed by atoms with Crippen molar-refractivity contribution in [2.75, 3.05) is 19.8 Å². The minimum absolute atomic E-state index is 0.308. The Morgan fingerprint density at radius 1 is 1.40 bits per heavy atom. The molecule has 0 radical (unpaired) electrons. The summed E-state index contributed by atoms with van der Waals surface area (Å²) >= 11 is 0. The van der Waals surface area contributed by atoms with Gasteiger partial charge in [-0.15, -0.1) is 0 Å². The smallest absolute Gasteiger partial charge is 0.0619 e. The second kappa shape index (κ2) is 4.04. The van der Waals surface area contributed by atoms with Crippen molar-refractivity contribution in [2.24, 2.45) is 11.1 Å². The number of nitrogens with zero attached hydrogens (tertiary/aromatic N) is 1. The van der Waals surface area contributed by atoms with Crippen molar-refractivity contribution in [1.82, 2.24) is 4.90 Å². The molecule has 15 heavy (non-hydrogen) atoms. The Kier molecular flexibility index (Phi) is 3.06. The summed E-state index contributed by atoms with van der Waals surface area (Å²) in [6.07, 6.45) is 2.50. The van der Waals surface area contributed by atoms with Gasteiger partial charge in [0.1, 0.15) is 0 Å². The first-order chi connectivity index (χ1) is 7.02. The Labute approximate surface area is 93.0 Å². The maximum Gasteiger partial charge on any atom is 0.0619 e. The van der Waals surface area contributed by atoms with Crippen LogP contribution in [0.25, 0.3) is 0 Å². The molecule has 0 aromatic carbocycles. The highest BCUT2D eigenvalue weighted by atomic mass is 16.5. The number of hydrogen-bond donors (Lipinski definition) is 1. The van der Waals surface area contributed by atoms with Crippen molar-refractivity contribution < 1.29 is 4.74 Å². The number of rotatable bonds is 1. The molecule has 2 N–H and O–H groups in total. The lowest BCUT2D eigenvalue weighted by atomic mass is 9.87. The summed E-state index contributed by atoms with van der Waals surface area (Å²) < 4.78 is 5.48. The highest BCUT2D eigenvalue weighted by Crippen LogP contribution is 2.39. The monoisotopic (exact) mass is 212 g/mol. The number of ether oxygens (including phenoxy) is 1. The molecule has 1 aliphatic carbocycles. The van der Waals surface area contributed by atoms with Gasteiger partial charge in [0.15, 0.2) is 0 Å². The van der Waals surface area contributed by atoms with Crippen molar-refractivity contribution in [2.45, 2.75) is 51.7 Å². The van der Waals surface area contributed by atoms with Crippen molar-refractivity contribution in [1.29, 1.82) is 0 Å². The summed E-state index contributed by atoms with van der Waals surface area (Å²) in [7, 11) is 0. The molecule has 1 heterocycles. The minimum Gasteiger partial charge on any atom is -0.379 e. The molecule has 0 aromatic heterocycles. The largest absolute Gasteiger partial charge is 0.379 e. The molecule has 3 heteroatoms. The van der Waals surface area contributed by atoms with Crippen molar-refractivity contribution >= 4 is 0 Å². The van der Waals surface area contributed by atoms with Crippen LogP contribution in [0.4, 0.5) is 0 Å². The van der Waals surface area contributed by atoms with Crippen LogP contribution in [0, 0.1) is 5.41 Å². The molecular weight excluding hydrogens is 188 g/mol. The average Bonchev–Trinajstić information content (AvgIpc) is 2.44. The molecule has 1 aliphatic heterocycles. The highest BCUT2D eigenvalue weighted by molar-refractivity contribution is 5.00. The quantitative estimate of drug-likeness (QED) is 0.710. The molecule has 1 saturated carbocycles. The molecule has 0 bridgehead atoms. The summed E-state index contributed by atoms with van der Waals surface area (Å²) in [6, 6.07) is 1.42. The van der Waals surface area contributed by atoms with Crippen LogP contribution in [0.3, 0.4) is 0 Å². The zero-order valence-electron chi connectivity index (χ0n) is 10.2. The lowest BCUT2D eigenvalue weighted by molar-refractivity contribution is -0.0260. The van der Waals surface area contributed by atoms with Gasteiger partial charge in [0.2, 0.25) is 0 Å². The molecule has 88 valence electrons. The topological polar surface area (TPSA) is 38.5 Å². The standard InChI is InChI=1S/C12H24N2O/c1-9-8-15-7-6-14(9)10-4-5-12(2,3)11(10)13/h9-11H,4-8,13H2,1-3H3. The zero-order chi connectivity index (χ0) is 11.1. The maximum absolute atomic E-state index is 6.37. The van der Waals surface area contributed by atoms with E-state index in [-0.39, 0.29) is 0 Å². The third-order valence-electron chi connectivity index (χ3n) is 4.25. The minimum atomic E-state index is 0.308. The molecule has 2 aliphatic rings. The zero-order valence-corrected chi connectivity index (χ0v) is 10.2. The normalized spacial score (nSPS) is 42.0. The molecular formula is C12H24N2O. The first kappa shape index (κ1) is 11.4. The van der Waals surface area contributed by atoms with Gasteiger partial charge in [-0.3, -0.25) is 4.90 Å². The Balaban J connectivity index is 2.04. The SMILES string of the molecule is CC1COCCN1C1CCC(C)(C)C1N. The Morgan fingerprint density at radius 3 is 2.67 bits per heavy atom. The van der Waals surface area contributed by atoms with E-state index in [1.807, 2.05) is 0 Å². The van der Waals surface area contributed by atoms with Crippen molar-refractivity contribution in [3.05, 3.63) is 0 Å². The van der Waals surface area contributed by atoms with Gasteiger partial charge in [0.25, 0.3) is 0 Å². The van der Waals surface area contributed by atoms with Crippen LogP contribution in [0.2, 0.25) is 0 Å². The van der Waals surface area contributed by atoms with E-state index in [0.717, 1.165) is 19.8 Å². The van der Waals surface area contributed by atoms with E-state index in [1.165, 1.54) is 12.8 Å². The first-order valence-corrected chi connectivity index (χ1v) is 6.11. The molecule has 1 saturated heterocycles. The Bertz CT molecular complexity index is 230. The summed E-state index contributed by atoms with van der Waals surface area (Å²) in [6.45, 7) is 9.62. The van der Waals surface area contributed by atoms with Crippen LogP contribution in [0.5, 0.6) is 0 Å². The summed E-state index contributed by atoms with van der Waals surface area (Å²) in [5.74, 6) is 0. The molecule has 0 amide bonds. The van der Waals surface area contributed by atoms with E-state index < -0.39 is 0 Å². The van der Waals surface area contributed by atoms with E-state index >= 15 is 0 Å². The fourth-order valence-electron chi connectivity index (χ4n) is 2.99. The first-order valence-electron chi connectivity index (χ1n) is 6.11. The van der Waals surface area contributed by atoms with Crippen molar-refractivity contribution in [3.8, 4) is 0 Å². The molecule has 0 aromatic rings. The molecule has 0 spiro atoms. The van der Waals surface area contributed by atoms with Gasteiger partial charge in [0.05, 0.1) is 13.2 Å². The van der Waals surface area contributed by atoms with Gasteiger partial charge in [-0.25, -0.2) is 0 Å². The Morgan fingerprint density at radius 2 is 2.13 bits per heavy atom. The van der Waals surface area contributed by atoms with Gasteiger partial charge < -0.3 is 10.5 Å². The second-order valence-corrected chi connectivity index (χ2v) is 5.78. The molecule has 2 rings (SSSR count). The van der Waals surface area contributed by atoms with Gasteiger partial charge >= 0.3 is 0 Å². The molecule has 3 nitrogen and oxygen atoms in total. The molecule has 3 unspecified atom stereocenters. The van der Waals surface area contributed by atoms with Crippen LogP contribution >= 0.6 is 0 Å². The fourth-order valence-corrected chi connectivity index (χ4v) is 2.99. The third kappa shape index (κ3) is 2.05. The number of hydrogen-bond acceptors (Lipinski definition) is 3. The maximum atomic E-state index is 6.37. The molecule has 2 fully saturated rings. The summed E-state index contributed by atoms with van der Waals surface area (Å²) in [5.41, 5.74) is 6.68. The van der Waals surface area contributed by atoms with E-state index in [4.69, 9.17) is 10.5 Å². The average molecular weight is 212 g/mol.